The van der Waals surface area contributed by atoms with Crippen molar-refractivity contribution in [2.75, 3.05) is 20.1 Å². The number of likely N-dealkylation sites (tertiary alicyclic amines) is 1. The first-order chi connectivity index (χ1) is 8.65. The molecule has 18 heavy (non-hydrogen) atoms. The number of carboxylic acids is 1. The monoisotopic (exact) mass is 245 g/mol. The number of aliphatic carboxylic acids is 1. The van der Waals surface area contributed by atoms with Crippen molar-refractivity contribution in [2.45, 2.75) is 18.8 Å². The van der Waals surface area contributed by atoms with Crippen LogP contribution in [0.15, 0.2) is 30.3 Å². The van der Waals surface area contributed by atoms with E-state index < -0.39 is 5.97 Å². The standard InChI is InChI=1S/C15H19NO2/c1-16-9-3-6-14(11-16)13-5-2-4-12(10-13)7-8-15(17)18/h2,4-5,7-8,10,14H,3,6,9,11H2,1H3,(H,17,18)/b8-7+. The minimum atomic E-state index is -0.905. The Morgan fingerprint density at radius 1 is 1.50 bits per heavy atom. The van der Waals surface area contributed by atoms with E-state index in [2.05, 4.69) is 24.1 Å². The first-order valence-electron chi connectivity index (χ1n) is 6.34. The summed E-state index contributed by atoms with van der Waals surface area (Å²) in [6.45, 7) is 2.27. The molecule has 1 atom stereocenters. The summed E-state index contributed by atoms with van der Waals surface area (Å²) < 4.78 is 0. The van der Waals surface area contributed by atoms with E-state index >= 15 is 0 Å². The summed E-state index contributed by atoms with van der Waals surface area (Å²) >= 11 is 0. The van der Waals surface area contributed by atoms with E-state index in [0.717, 1.165) is 12.1 Å². The molecule has 1 aromatic rings. The number of benzene rings is 1. The van der Waals surface area contributed by atoms with E-state index in [1.54, 1.807) is 6.08 Å². The quantitative estimate of drug-likeness (QED) is 0.832. The molecular formula is C15H19NO2. The molecule has 0 saturated carbocycles. The Morgan fingerprint density at radius 2 is 2.33 bits per heavy atom. The molecule has 1 N–H and O–H groups in total. The third-order valence-electron chi connectivity index (χ3n) is 3.42. The molecule has 0 bridgehead atoms. The highest BCUT2D eigenvalue weighted by molar-refractivity contribution is 5.85. The molecule has 0 amide bonds. The number of carboxylic acid groups (broad SMARTS) is 1. The average molecular weight is 245 g/mol. The van der Waals surface area contributed by atoms with E-state index in [4.69, 9.17) is 5.11 Å². The fourth-order valence-corrected chi connectivity index (χ4v) is 2.52. The Kier molecular flexibility index (Phi) is 4.15. The molecule has 3 nitrogen and oxygen atoms in total. The number of likely N-dealkylation sites (N-methyl/N-ethyl adjacent to an activating group) is 1. The zero-order valence-electron chi connectivity index (χ0n) is 10.7. The molecule has 1 aromatic carbocycles. The summed E-state index contributed by atoms with van der Waals surface area (Å²) in [6, 6.07) is 8.19. The summed E-state index contributed by atoms with van der Waals surface area (Å²) in [5.41, 5.74) is 2.28. The van der Waals surface area contributed by atoms with Crippen molar-refractivity contribution >= 4 is 12.0 Å². The number of piperidine rings is 1. The summed E-state index contributed by atoms with van der Waals surface area (Å²) in [5, 5.41) is 8.63. The molecule has 0 radical (unpaired) electrons. The first-order valence-corrected chi connectivity index (χ1v) is 6.34. The van der Waals surface area contributed by atoms with E-state index in [-0.39, 0.29) is 0 Å². The van der Waals surface area contributed by atoms with Gasteiger partial charge in [-0.25, -0.2) is 4.79 Å². The van der Waals surface area contributed by atoms with Gasteiger partial charge in [-0.3, -0.25) is 0 Å². The molecule has 2 rings (SSSR count). The lowest BCUT2D eigenvalue weighted by Crippen LogP contribution is -2.30. The lowest BCUT2D eigenvalue weighted by Gasteiger charge is -2.30. The third-order valence-corrected chi connectivity index (χ3v) is 3.42. The number of hydrogen-bond acceptors (Lipinski definition) is 2. The van der Waals surface area contributed by atoms with Crippen molar-refractivity contribution in [3.8, 4) is 0 Å². The molecule has 3 heteroatoms. The second-order valence-corrected chi connectivity index (χ2v) is 4.94. The van der Waals surface area contributed by atoms with Gasteiger partial charge >= 0.3 is 5.97 Å². The van der Waals surface area contributed by atoms with Gasteiger partial charge in [-0.15, -0.1) is 0 Å². The summed E-state index contributed by atoms with van der Waals surface area (Å²) in [4.78, 5) is 12.9. The van der Waals surface area contributed by atoms with E-state index in [0.29, 0.717) is 5.92 Å². The predicted molar refractivity (Wildman–Crippen MR) is 72.6 cm³/mol. The molecular weight excluding hydrogens is 226 g/mol. The molecule has 1 heterocycles. The predicted octanol–water partition coefficient (Wildman–Crippen LogP) is 2.59. The highest BCUT2D eigenvalue weighted by Gasteiger charge is 2.18. The van der Waals surface area contributed by atoms with Crippen molar-refractivity contribution in [1.82, 2.24) is 4.90 Å². The fourth-order valence-electron chi connectivity index (χ4n) is 2.52. The van der Waals surface area contributed by atoms with Crippen molar-refractivity contribution in [1.29, 1.82) is 0 Å². The number of nitrogens with zero attached hydrogens (tertiary/aromatic N) is 1. The van der Waals surface area contributed by atoms with Gasteiger partial charge in [0.05, 0.1) is 0 Å². The Labute approximate surface area is 108 Å². The lowest BCUT2D eigenvalue weighted by atomic mass is 9.90. The van der Waals surface area contributed by atoms with Crippen LogP contribution in [0.1, 0.15) is 29.9 Å². The van der Waals surface area contributed by atoms with Gasteiger partial charge in [0, 0.05) is 12.6 Å². The fraction of sp³-hybridized carbons (Fsp3) is 0.400. The molecule has 0 aliphatic carbocycles. The van der Waals surface area contributed by atoms with E-state index in [9.17, 15) is 4.79 Å². The second kappa shape index (κ2) is 5.83. The minimum Gasteiger partial charge on any atom is -0.478 e. The molecule has 1 aliphatic rings. The average Bonchev–Trinajstić information content (AvgIpc) is 2.37. The van der Waals surface area contributed by atoms with Crippen molar-refractivity contribution in [2.24, 2.45) is 0 Å². The summed E-state index contributed by atoms with van der Waals surface area (Å²) in [5.74, 6) is -0.334. The molecule has 1 unspecified atom stereocenters. The first kappa shape index (κ1) is 12.8. The highest BCUT2D eigenvalue weighted by Crippen LogP contribution is 2.26. The summed E-state index contributed by atoms with van der Waals surface area (Å²) in [6.07, 6.45) is 5.29. The van der Waals surface area contributed by atoms with Gasteiger partial charge in [0.2, 0.25) is 0 Å². The zero-order valence-corrected chi connectivity index (χ0v) is 10.7. The number of carbonyl (C=O) groups is 1. The van der Waals surface area contributed by atoms with Crippen LogP contribution in [-0.4, -0.2) is 36.1 Å². The van der Waals surface area contributed by atoms with Crippen LogP contribution in [0.5, 0.6) is 0 Å². The Bertz CT molecular complexity index is 454. The van der Waals surface area contributed by atoms with Crippen LogP contribution in [0, 0.1) is 0 Å². The van der Waals surface area contributed by atoms with Crippen molar-refractivity contribution < 1.29 is 9.90 Å². The molecule has 1 aliphatic heterocycles. The highest BCUT2D eigenvalue weighted by atomic mass is 16.4. The van der Waals surface area contributed by atoms with Crippen LogP contribution in [-0.2, 0) is 4.79 Å². The van der Waals surface area contributed by atoms with E-state index in [1.807, 2.05) is 12.1 Å². The largest absolute Gasteiger partial charge is 0.478 e. The SMILES string of the molecule is CN1CCCC(c2cccc(/C=C/C(=O)O)c2)C1. The van der Waals surface area contributed by atoms with E-state index in [1.165, 1.54) is 31.0 Å². The van der Waals surface area contributed by atoms with Crippen LogP contribution in [0.2, 0.25) is 0 Å². The maximum atomic E-state index is 10.5. The van der Waals surface area contributed by atoms with Gasteiger partial charge in [-0.1, -0.05) is 24.3 Å². The second-order valence-electron chi connectivity index (χ2n) is 4.94. The third kappa shape index (κ3) is 3.44. The molecule has 96 valence electrons. The smallest absolute Gasteiger partial charge is 0.328 e. The van der Waals surface area contributed by atoms with Crippen LogP contribution >= 0.6 is 0 Å². The summed E-state index contributed by atoms with van der Waals surface area (Å²) in [7, 11) is 2.15. The Balaban J connectivity index is 2.13. The van der Waals surface area contributed by atoms with Gasteiger partial charge in [-0.05, 0) is 49.6 Å². The molecule has 0 spiro atoms. The zero-order chi connectivity index (χ0) is 13.0. The lowest BCUT2D eigenvalue weighted by molar-refractivity contribution is -0.131. The normalized spacial score (nSPS) is 21.3. The van der Waals surface area contributed by atoms with Crippen molar-refractivity contribution in [3.05, 3.63) is 41.5 Å². The topological polar surface area (TPSA) is 40.5 Å². The maximum absolute atomic E-state index is 10.5. The Morgan fingerprint density at radius 3 is 3.06 bits per heavy atom. The van der Waals surface area contributed by atoms with Gasteiger partial charge < -0.3 is 10.0 Å². The molecule has 1 saturated heterocycles. The van der Waals surface area contributed by atoms with Crippen LogP contribution in [0.4, 0.5) is 0 Å². The van der Waals surface area contributed by atoms with Gasteiger partial charge in [0.25, 0.3) is 0 Å². The van der Waals surface area contributed by atoms with Gasteiger partial charge in [-0.2, -0.15) is 0 Å². The minimum absolute atomic E-state index is 0.571. The van der Waals surface area contributed by atoms with Crippen LogP contribution in [0.25, 0.3) is 6.08 Å². The van der Waals surface area contributed by atoms with Gasteiger partial charge in [0.1, 0.15) is 0 Å². The van der Waals surface area contributed by atoms with Crippen LogP contribution < -0.4 is 0 Å². The Hall–Kier alpha value is -1.61. The van der Waals surface area contributed by atoms with Crippen LogP contribution in [0.3, 0.4) is 0 Å². The van der Waals surface area contributed by atoms with Gasteiger partial charge in [0.15, 0.2) is 0 Å². The molecule has 0 aromatic heterocycles. The molecule has 1 fully saturated rings. The number of hydrogen-bond donors (Lipinski definition) is 1. The maximum Gasteiger partial charge on any atom is 0.328 e. The van der Waals surface area contributed by atoms with Crippen molar-refractivity contribution in [3.63, 3.8) is 0 Å². The number of rotatable bonds is 3.